The van der Waals surface area contributed by atoms with Gasteiger partial charge in [0, 0.05) is 24.9 Å². The first-order valence-corrected chi connectivity index (χ1v) is 8.67. The van der Waals surface area contributed by atoms with Gasteiger partial charge in [0.15, 0.2) is 17.1 Å². The van der Waals surface area contributed by atoms with Crippen molar-refractivity contribution in [2.45, 2.75) is 37.4 Å². The third-order valence-electron chi connectivity index (χ3n) is 4.95. The van der Waals surface area contributed by atoms with Gasteiger partial charge in [-0.2, -0.15) is 0 Å². The van der Waals surface area contributed by atoms with Gasteiger partial charge < -0.3 is 24.4 Å². The number of rotatable bonds is 4. The fourth-order valence-electron chi connectivity index (χ4n) is 3.52. The van der Waals surface area contributed by atoms with E-state index in [1.54, 1.807) is 7.11 Å². The molecule has 4 rings (SSSR count). The summed E-state index contributed by atoms with van der Waals surface area (Å²) < 4.78 is 17.1. The molecule has 6 nitrogen and oxygen atoms in total. The molecule has 138 valence electrons. The van der Waals surface area contributed by atoms with Crippen molar-refractivity contribution in [1.82, 2.24) is 5.32 Å². The van der Waals surface area contributed by atoms with Crippen LogP contribution in [0.1, 0.15) is 31.2 Å². The van der Waals surface area contributed by atoms with Crippen LogP contribution in [0.5, 0.6) is 11.5 Å². The van der Waals surface area contributed by atoms with Crippen LogP contribution in [-0.2, 0) is 9.57 Å². The van der Waals surface area contributed by atoms with Crippen molar-refractivity contribution < 1.29 is 19.0 Å². The molecule has 3 aliphatic heterocycles. The number of hydrogen-bond donors (Lipinski definition) is 1. The summed E-state index contributed by atoms with van der Waals surface area (Å²) in [4.78, 5) is 5.70. The van der Waals surface area contributed by atoms with Crippen molar-refractivity contribution >= 4 is 18.1 Å². The highest BCUT2D eigenvalue weighted by Gasteiger charge is 2.43. The first-order valence-electron chi connectivity index (χ1n) is 8.67. The lowest BCUT2D eigenvalue weighted by atomic mass is 9.93. The molecule has 0 radical (unpaired) electrons. The highest BCUT2D eigenvalue weighted by molar-refractivity contribution is 6.02. The highest BCUT2D eigenvalue weighted by atomic mass is 35.5. The van der Waals surface area contributed by atoms with Crippen LogP contribution in [0.25, 0.3) is 0 Å². The monoisotopic (exact) mass is 368 g/mol. The summed E-state index contributed by atoms with van der Waals surface area (Å²) in [5.74, 6) is 1.53. The van der Waals surface area contributed by atoms with Crippen LogP contribution in [0.15, 0.2) is 23.4 Å². The molecule has 3 aliphatic rings. The van der Waals surface area contributed by atoms with Gasteiger partial charge in [0.05, 0.1) is 26.0 Å². The van der Waals surface area contributed by atoms with Crippen LogP contribution in [0.4, 0.5) is 0 Å². The maximum Gasteiger partial charge on any atom is 0.168 e. The predicted molar refractivity (Wildman–Crippen MR) is 97.2 cm³/mol. The normalized spacial score (nSPS) is 28.2. The SMILES string of the molecule is COc1ccc(C2=NOC3(CCOC3)C2)cc1OC1CCCNC1.Cl. The molecule has 1 spiro atoms. The second-order valence-electron chi connectivity index (χ2n) is 6.74. The average molecular weight is 369 g/mol. The maximum absolute atomic E-state index is 6.19. The number of oxime groups is 1. The molecule has 3 heterocycles. The van der Waals surface area contributed by atoms with Gasteiger partial charge in [0.1, 0.15) is 6.10 Å². The third-order valence-corrected chi connectivity index (χ3v) is 4.95. The van der Waals surface area contributed by atoms with Gasteiger partial charge in [0.25, 0.3) is 0 Å². The molecule has 2 atom stereocenters. The molecule has 1 aromatic carbocycles. The Kier molecular flexibility index (Phi) is 5.71. The molecule has 0 amide bonds. The first kappa shape index (κ1) is 18.3. The van der Waals surface area contributed by atoms with Gasteiger partial charge in [-0.15, -0.1) is 12.4 Å². The van der Waals surface area contributed by atoms with Crippen LogP contribution >= 0.6 is 12.4 Å². The molecule has 2 saturated heterocycles. The molecule has 1 aromatic rings. The van der Waals surface area contributed by atoms with E-state index in [1.165, 1.54) is 0 Å². The number of benzene rings is 1. The van der Waals surface area contributed by atoms with Gasteiger partial charge in [-0.3, -0.25) is 0 Å². The van der Waals surface area contributed by atoms with E-state index in [-0.39, 0.29) is 24.1 Å². The first-order chi connectivity index (χ1) is 11.8. The van der Waals surface area contributed by atoms with E-state index in [9.17, 15) is 0 Å². The molecule has 0 saturated carbocycles. The summed E-state index contributed by atoms with van der Waals surface area (Å²) in [5, 5.41) is 7.68. The van der Waals surface area contributed by atoms with Gasteiger partial charge in [-0.05, 0) is 37.6 Å². The van der Waals surface area contributed by atoms with Gasteiger partial charge in [-0.1, -0.05) is 5.16 Å². The molecule has 2 unspecified atom stereocenters. The summed E-state index contributed by atoms with van der Waals surface area (Å²) in [5.41, 5.74) is 1.72. The topological polar surface area (TPSA) is 61.3 Å². The van der Waals surface area contributed by atoms with E-state index in [2.05, 4.69) is 10.5 Å². The standard InChI is InChI=1S/C18H24N2O4.ClH/c1-21-16-5-4-13(9-17(16)23-14-3-2-7-19-11-14)15-10-18(24-20-15)6-8-22-12-18;/h4-5,9,14,19H,2-3,6-8,10-12H2,1H3;1H. The zero-order valence-corrected chi connectivity index (χ0v) is 15.3. The van der Waals surface area contributed by atoms with E-state index >= 15 is 0 Å². The van der Waals surface area contributed by atoms with E-state index in [0.29, 0.717) is 6.61 Å². The van der Waals surface area contributed by atoms with Crippen LogP contribution in [0.2, 0.25) is 0 Å². The summed E-state index contributed by atoms with van der Waals surface area (Å²) in [6.45, 7) is 3.30. The lowest BCUT2D eigenvalue weighted by molar-refractivity contribution is -0.0237. The summed E-state index contributed by atoms with van der Waals surface area (Å²) in [6.07, 6.45) is 4.05. The maximum atomic E-state index is 6.19. The Bertz CT molecular complexity index is 626. The molecular formula is C18H25ClN2O4. The Labute approximate surface area is 154 Å². The molecule has 1 N–H and O–H groups in total. The fourth-order valence-corrected chi connectivity index (χ4v) is 3.52. The molecule has 2 fully saturated rings. The minimum atomic E-state index is -0.260. The lowest BCUT2D eigenvalue weighted by Crippen LogP contribution is -2.37. The van der Waals surface area contributed by atoms with Crippen LogP contribution in [0.3, 0.4) is 0 Å². The van der Waals surface area contributed by atoms with Crippen LogP contribution < -0.4 is 14.8 Å². The van der Waals surface area contributed by atoms with Crippen LogP contribution in [-0.4, -0.2) is 50.8 Å². The van der Waals surface area contributed by atoms with Crippen molar-refractivity contribution in [2.24, 2.45) is 5.16 Å². The minimum absolute atomic E-state index is 0. The van der Waals surface area contributed by atoms with Gasteiger partial charge >= 0.3 is 0 Å². The Morgan fingerprint density at radius 2 is 2.24 bits per heavy atom. The van der Waals surface area contributed by atoms with Crippen LogP contribution in [0, 0.1) is 0 Å². The second-order valence-corrected chi connectivity index (χ2v) is 6.74. The van der Waals surface area contributed by atoms with Crippen molar-refractivity contribution in [2.75, 3.05) is 33.4 Å². The molecule has 25 heavy (non-hydrogen) atoms. The summed E-state index contributed by atoms with van der Waals surface area (Å²) in [6, 6.07) is 5.98. The van der Waals surface area contributed by atoms with Gasteiger partial charge in [-0.25, -0.2) is 0 Å². The van der Waals surface area contributed by atoms with Gasteiger partial charge in [0.2, 0.25) is 0 Å². The van der Waals surface area contributed by atoms with Crippen molar-refractivity contribution in [3.05, 3.63) is 23.8 Å². The number of hydrogen-bond acceptors (Lipinski definition) is 6. The Morgan fingerprint density at radius 1 is 1.32 bits per heavy atom. The number of nitrogens with zero attached hydrogens (tertiary/aromatic N) is 1. The molecule has 0 aliphatic carbocycles. The molecular weight excluding hydrogens is 344 g/mol. The van der Waals surface area contributed by atoms with E-state index < -0.39 is 0 Å². The summed E-state index contributed by atoms with van der Waals surface area (Å²) >= 11 is 0. The zero-order chi connectivity index (χ0) is 16.4. The molecule has 7 heteroatoms. The number of ether oxygens (including phenoxy) is 3. The average Bonchev–Trinajstić information content (AvgIpc) is 3.26. The van der Waals surface area contributed by atoms with Crippen molar-refractivity contribution in [1.29, 1.82) is 0 Å². The summed E-state index contributed by atoms with van der Waals surface area (Å²) in [7, 11) is 1.67. The largest absolute Gasteiger partial charge is 0.493 e. The van der Waals surface area contributed by atoms with Crippen molar-refractivity contribution in [3.8, 4) is 11.5 Å². The van der Waals surface area contributed by atoms with E-state index in [1.807, 2.05) is 18.2 Å². The second kappa shape index (κ2) is 7.81. The Hall–Kier alpha value is -1.50. The number of halogens is 1. The third kappa shape index (κ3) is 3.86. The molecule has 0 bridgehead atoms. The fraction of sp³-hybridized carbons (Fsp3) is 0.611. The van der Waals surface area contributed by atoms with E-state index in [0.717, 1.165) is 68.2 Å². The highest BCUT2D eigenvalue weighted by Crippen LogP contribution is 2.36. The molecule has 0 aromatic heterocycles. The lowest BCUT2D eigenvalue weighted by Gasteiger charge is -2.25. The Morgan fingerprint density at radius 3 is 2.96 bits per heavy atom. The Balaban J connectivity index is 0.00000182. The number of nitrogens with one attached hydrogen (secondary N) is 1. The van der Waals surface area contributed by atoms with E-state index in [4.69, 9.17) is 19.0 Å². The quantitative estimate of drug-likeness (QED) is 0.884. The predicted octanol–water partition coefficient (Wildman–Crippen LogP) is 2.53. The zero-order valence-electron chi connectivity index (χ0n) is 14.5. The van der Waals surface area contributed by atoms with Crippen molar-refractivity contribution in [3.63, 3.8) is 0 Å². The minimum Gasteiger partial charge on any atom is -0.493 e. The smallest absolute Gasteiger partial charge is 0.168 e. The number of piperidine rings is 1. The number of methoxy groups -OCH3 is 1.